The lowest BCUT2D eigenvalue weighted by atomic mass is 10.2. The maximum atomic E-state index is 13.0. The fourth-order valence-corrected chi connectivity index (χ4v) is 1.80. The first kappa shape index (κ1) is 13.2. The maximum Gasteiger partial charge on any atom is 0.328 e. The lowest BCUT2D eigenvalue weighted by Crippen LogP contribution is -2.44. The number of amides is 2. The van der Waals surface area contributed by atoms with E-state index in [1.807, 2.05) is 0 Å². The van der Waals surface area contributed by atoms with E-state index in [-0.39, 0.29) is 5.02 Å². The van der Waals surface area contributed by atoms with Gasteiger partial charge in [-0.3, -0.25) is 15.6 Å². The number of urea groups is 1. The minimum atomic E-state index is -0.617. The molecule has 0 saturated heterocycles. The molecule has 0 saturated carbocycles. The quantitative estimate of drug-likeness (QED) is 0.530. The van der Waals surface area contributed by atoms with Crippen molar-refractivity contribution in [2.45, 2.75) is 6.92 Å². The molecule has 0 aromatic heterocycles. The number of aryl methyl sites for hydroxylation is 1. The monoisotopic (exact) mass is 258 g/mol. The van der Waals surface area contributed by atoms with Gasteiger partial charge in [-0.2, -0.15) is 0 Å². The second-order valence-corrected chi connectivity index (χ2v) is 3.86. The lowest BCUT2D eigenvalue weighted by molar-refractivity contribution is 0.251. The molecule has 0 aliphatic heterocycles. The second-order valence-electron chi connectivity index (χ2n) is 3.46. The third kappa shape index (κ3) is 3.07. The highest BCUT2D eigenvalue weighted by Gasteiger charge is 2.17. The average Bonchev–Trinajstić information content (AvgIpc) is 2.14. The summed E-state index contributed by atoms with van der Waals surface area (Å²) >= 11 is 5.86. The van der Waals surface area contributed by atoms with E-state index < -0.39 is 17.8 Å². The Morgan fingerprint density at radius 1 is 1.59 bits per heavy atom. The molecule has 17 heavy (non-hydrogen) atoms. The molecule has 1 aromatic rings. The van der Waals surface area contributed by atoms with Crippen LogP contribution in [0.1, 0.15) is 5.56 Å². The molecule has 0 bridgehead atoms. The van der Waals surface area contributed by atoms with E-state index in [9.17, 15) is 9.18 Å². The molecule has 7 heteroatoms. The molecule has 0 aliphatic rings. The topological polar surface area (TPSA) is 82.2 Å². The van der Waals surface area contributed by atoms with Crippen LogP contribution < -0.4 is 16.0 Å². The zero-order valence-corrected chi connectivity index (χ0v) is 10.1. The van der Waals surface area contributed by atoms with Crippen LogP contribution in [0.2, 0.25) is 5.02 Å². The SMILES string of the molecule is Cc1cc(F)cc(Cl)c1N(C)C(=O)NC(=N)N. The van der Waals surface area contributed by atoms with E-state index >= 15 is 0 Å². The van der Waals surface area contributed by atoms with Crippen LogP contribution in [-0.4, -0.2) is 19.0 Å². The van der Waals surface area contributed by atoms with Gasteiger partial charge in [-0.15, -0.1) is 0 Å². The van der Waals surface area contributed by atoms with E-state index in [0.29, 0.717) is 11.3 Å². The van der Waals surface area contributed by atoms with Crippen molar-refractivity contribution in [3.8, 4) is 0 Å². The number of nitrogens with one attached hydrogen (secondary N) is 2. The lowest BCUT2D eigenvalue weighted by Gasteiger charge is -2.20. The third-order valence-corrected chi connectivity index (χ3v) is 2.39. The normalized spacial score (nSPS) is 9.88. The molecule has 0 fully saturated rings. The summed E-state index contributed by atoms with van der Waals surface area (Å²) in [6.07, 6.45) is 0. The minimum Gasteiger partial charge on any atom is -0.370 e. The van der Waals surface area contributed by atoms with Crippen molar-refractivity contribution in [1.29, 1.82) is 5.41 Å². The van der Waals surface area contributed by atoms with Crippen molar-refractivity contribution in [3.63, 3.8) is 0 Å². The van der Waals surface area contributed by atoms with Gasteiger partial charge in [0.15, 0.2) is 5.96 Å². The molecule has 1 rings (SSSR count). The molecular formula is C10H12ClFN4O. The molecule has 1 aromatic carbocycles. The Morgan fingerprint density at radius 2 is 2.18 bits per heavy atom. The summed E-state index contributed by atoms with van der Waals surface area (Å²) in [5.74, 6) is -0.950. The predicted octanol–water partition coefficient (Wildman–Crippen LogP) is 1.83. The van der Waals surface area contributed by atoms with Crippen molar-refractivity contribution >= 4 is 29.3 Å². The number of nitrogens with zero attached hydrogens (tertiary/aromatic N) is 1. The number of nitrogens with two attached hydrogens (primary N) is 1. The molecular weight excluding hydrogens is 247 g/mol. The fraction of sp³-hybridized carbons (Fsp3) is 0.200. The highest BCUT2D eigenvalue weighted by Crippen LogP contribution is 2.29. The maximum absolute atomic E-state index is 13.0. The summed E-state index contributed by atoms with van der Waals surface area (Å²) < 4.78 is 13.0. The van der Waals surface area contributed by atoms with Gasteiger partial charge in [-0.1, -0.05) is 11.6 Å². The Balaban J connectivity index is 3.08. The largest absolute Gasteiger partial charge is 0.370 e. The third-order valence-electron chi connectivity index (χ3n) is 2.10. The van der Waals surface area contributed by atoms with Crippen LogP contribution in [0.25, 0.3) is 0 Å². The van der Waals surface area contributed by atoms with E-state index in [0.717, 1.165) is 6.07 Å². The number of guanidine groups is 1. The van der Waals surface area contributed by atoms with Crippen LogP contribution >= 0.6 is 11.6 Å². The first-order chi connectivity index (χ1) is 7.82. The molecule has 4 N–H and O–H groups in total. The van der Waals surface area contributed by atoms with E-state index in [4.69, 9.17) is 22.7 Å². The fourth-order valence-electron chi connectivity index (χ4n) is 1.42. The van der Waals surface area contributed by atoms with Crippen molar-refractivity contribution in [2.24, 2.45) is 5.73 Å². The van der Waals surface area contributed by atoms with Crippen LogP contribution in [0.5, 0.6) is 0 Å². The van der Waals surface area contributed by atoms with Gasteiger partial charge >= 0.3 is 6.03 Å². The Labute approximate surface area is 103 Å². The number of hydrogen-bond acceptors (Lipinski definition) is 2. The van der Waals surface area contributed by atoms with E-state index in [1.54, 1.807) is 6.92 Å². The number of carbonyl (C=O) groups excluding carboxylic acids is 1. The van der Waals surface area contributed by atoms with E-state index in [2.05, 4.69) is 5.32 Å². The predicted molar refractivity (Wildman–Crippen MR) is 65.0 cm³/mol. The Kier molecular flexibility index (Phi) is 3.90. The molecule has 0 unspecified atom stereocenters. The van der Waals surface area contributed by atoms with Crippen LogP contribution in [0.4, 0.5) is 14.9 Å². The van der Waals surface area contributed by atoms with Gasteiger partial charge in [0.1, 0.15) is 5.82 Å². The number of hydrogen-bond donors (Lipinski definition) is 3. The zero-order chi connectivity index (χ0) is 13.2. The molecule has 0 aliphatic carbocycles. The first-order valence-corrected chi connectivity index (χ1v) is 5.05. The van der Waals surface area contributed by atoms with Gasteiger partial charge in [0, 0.05) is 7.05 Å². The van der Waals surface area contributed by atoms with Crippen LogP contribution in [-0.2, 0) is 0 Å². The molecule has 0 heterocycles. The van der Waals surface area contributed by atoms with Crippen molar-refractivity contribution < 1.29 is 9.18 Å². The number of halogens is 2. The summed E-state index contributed by atoms with van der Waals surface area (Å²) in [5, 5.41) is 9.17. The van der Waals surface area contributed by atoms with Crippen molar-refractivity contribution in [3.05, 3.63) is 28.5 Å². The number of rotatable bonds is 1. The summed E-state index contributed by atoms with van der Waals surface area (Å²) in [5.41, 5.74) is 5.92. The van der Waals surface area contributed by atoms with Gasteiger partial charge in [0.2, 0.25) is 0 Å². The highest BCUT2D eigenvalue weighted by atomic mass is 35.5. The van der Waals surface area contributed by atoms with E-state index in [1.165, 1.54) is 18.0 Å². The number of anilines is 1. The molecule has 92 valence electrons. The van der Waals surface area contributed by atoms with Gasteiger partial charge in [0.05, 0.1) is 10.7 Å². The van der Waals surface area contributed by atoms with Crippen molar-refractivity contribution in [2.75, 3.05) is 11.9 Å². The van der Waals surface area contributed by atoms with Gasteiger partial charge in [-0.25, -0.2) is 9.18 Å². The van der Waals surface area contributed by atoms with Crippen LogP contribution in [0.3, 0.4) is 0 Å². The summed E-state index contributed by atoms with van der Waals surface area (Å²) in [4.78, 5) is 12.8. The zero-order valence-electron chi connectivity index (χ0n) is 9.34. The summed E-state index contributed by atoms with van der Waals surface area (Å²) in [7, 11) is 1.45. The number of benzene rings is 1. The minimum absolute atomic E-state index is 0.115. The smallest absolute Gasteiger partial charge is 0.328 e. The van der Waals surface area contributed by atoms with Crippen LogP contribution in [0.15, 0.2) is 12.1 Å². The first-order valence-electron chi connectivity index (χ1n) is 4.67. The van der Waals surface area contributed by atoms with Gasteiger partial charge < -0.3 is 5.73 Å². The molecule has 0 radical (unpaired) electrons. The highest BCUT2D eigenvalue weighted by molar-refractivity contribution is 6.34. The molecule has 0 spiro atoms. The van der Waals surface area contributed by atoms with Gasteiger partial charge in [-0.05, 0) is 24.6 Å². The van der Waals surface area contributed by atoms with Gasteiger partial charge in [0.25, 0.3) is 0 Å². The Bertz CT molecular complexity index is 454. The molecule has 5 nitrogen and oxygen atoms in total. The Hall–Kier alpha value is -1.82. The molecule has 0 atom stereocenters. The summed E-state index contributed by atoms with van der Waals surface area (Å²) in [6, 6.07) is 1.76. The molecule has 2 amide bonds. The van der Waals surface area contributed by atoms with Crippen molar-refractivity contribution in [1.82, 2.24) is 5.32 Å². The number of carbonyl (C=O) groups is 1. The Morgan fingerprint density at radius 3 is 2.65 bits per heavy atom. The summed E-state index contributed by atoms with van der Waals surface area (Å²) in [6.45, 7) is 1.63. The standard InChI is InChI=1S/C10H12ClFN4O/c1-5-3-6(12)4-7(11)8(5)16(2)10(17)15-9(13)14/h3-4H,1-2H3,(H4,13,14,15,17). The average molecular weight is 259 g/mol. The van der Waals surface area contributed by atoms with Crippen LogP contribution in [0, 0.1) is 18.2 Å². The second kappa shape index (κ2) is 5.01.